The number of anilines is 1. The van der Waals surface area contributed by atoms with Crippen LogP contribution in [-0.4, -0.2) is 47.9 Å². The molecule has 3 heterocycles. The molecule has 0 saturated carbocycles. The third-order valence-corrected chi connectivity index (χ3v) is 8.04. The second-order valence-electron chi connectivity index (χ2n) is 5.92. The summed E-state index contributed by atoms with van der Waals surface area (Å²) < 4.78 is 27.0. The number of aliphatic hydroxyl groups excluding tert-OH is 1. The normalized spacial score (nSPS) is 19.0. The highest BCUT2D eigenvalue weighted by Crippen LogP contribution is 2.29. The fraction of sp³-hybridized carbons (Fsp3) is 0.467. The molecular formula is C15H19N3O4S3. The maximum absolute atomic E-state index is 12.7. The highest BCUT2D eigenvalue weighted by atomic mass is 32.2. The molecule has 1 aliphatic heterocycles. The van der Waals surface area contributed by atoms with Crippen molar-refractivity contribution >= 4 is 43.7 Å². The van der Waals surface area contributed by atoms with Crippen LogP contribution in [0.15, 0.2) is 21.9 Å². The average molecular weight is 402 g/mol. The zero-order chi connectivity index (χ0) is 18.0. The fourth-order valence-corrected chi connectivity index (χ4v) is 6.42. The molecule has 25 heavy (non-hydrogen) atoms. The lowest BCUT2D eigenvalue weighted by Crippen LogP contribution is -2.41. The van der Waals surface area contributed by atoms with Crippen molar-refractivity contribution in [3.63, 3.8) is 0 Å². The molecule has 1 aliphatic rings. The van der Waals surface area contributed by atoms with Gasteiger partial charge in [0.25, 0.3) is 10.0 Å². The van der Waals surface area contributed by atoms with E-state index in [2.05, 4.69) is 10.3 Å². The number of rotatable bonds is 5. The van der Waals surface area contributed by atoms with E-state index >= 15 is 0 Å². The molecule has 2 aromatic rings. The minimum absolute atomic E-state index is 0.157. The van der Waals surface area contributed by atoms with Gasteiger partial charge in [0.15, 0.2) is 5.13 Å². The minimum atomic E-state index is -3.55. The number of amides is 1. The Morgan fingerprint density at radius 1 is 1.52 bits per heavy atom. The number of thiophene rings is 1. The molecule has 0 aliphatic carbocycles. The third kappa shape index (κ3) is 4.45. The van der Waals surface area contributed by atoms with Crippen LogP contribution in [0, 0.1) is 0 Å². The predicted molar refractivity (Wildman–Crippen MR) is 97.5 cm³/mol. The van der Waals surface area contributed by atoms with E-state index in [1.807, 2.05) is 5.38 Å². The van der Waals surface area contributed by atoms with Gasteiger partial charge >= 0.3 is 0 Å². The van der Waals surface area contributed by atoms with Gasteiger partial charge in [-0.15, -0.1) is 22.7 Å². The van der Waals surface area contributed by atoms with E-state index in [9.17, 15) is 18.3 Å². The van der Waals surface area contributed by atoms with Gasteiger partial charge in [-0.05, 0) is 29.9 Å². The Bertz CT molecular complexity index is 859. The number of piperidine rings is 1. The van der Waals surface area contributed by atoms with Crippen LogP contribution >= 0.6 is 22.7 Å². The van der Waals surface area contributed by atoms with E-state index in [1.165, 1.54) is 33.9 Å². The number of nitrogens with one attached hydrogen (secondary N) is 1. The molecule has 1 saturated heterocycles. The Kier molecular flexibility index (Phi) is 5.54. The molecule has 1 amide bonds. The highest BCUT2D eigenvalue weighted by molar-refractivity contribution is 7.91. The van der Waals surface area contributed by atoms with Gasteiger partial charge < -0.3 is 10.4 Å². The zero-order valence-electron chi connectivity index (χ0n) is 13.6. The van der Waals surface area contributed by atoms with Crippen molar-refractivity contribution in [3.8, 4) is 0 Å². The number of carbonyl (C=O) groups is 1. The lowest BCUT2D eigenvalue weighted by molar-refractivity contribution is -0.114. The van der Waals surface area contributed by atoms with Crippen LogP contribution in [0.3, 0.4) is 0 Å². The smallest absolute Gasteiger partial charge is 0.252 e. The molecule has 2 aromatic heterocycles. The van der Waals surface area contributed by atoms with Crippen molar-refractivity contribution in [1.29, 1.82) is 0 Å². The fourth-order valence-electron chi connectivity index (χ4n) is 2.65. The molecule has 0 radical (unpaired) electrons. The second kappa shape index (κ2) is 7.50. The first-order valence-electron chi connectivity index (χ1n) is 7.82. The number of sulfonamides is 1. The molecule has 1 fully saturated rings. The van der Waals surface area contributed by atoms with E-state index < -0.39 is 16.1 Å². The Morgan fingerprint density at radius 2 is 2.32 bits per heavy atom. The molecule has 136 valence electrons. The van der Waals surface area contributed by atoms with Crippen LogP contribution in [0.2, 0.25) is 0 Å². The van der Waals surface area contributed by atoms with Gasteiger partial charge in [-0.25, -0.2) is 13.4 Å². The summed E-state index contributed by atoms with van der Waals surface area (Å²) in [5.74, 6) is -0.173. The summed E-state index contributed by atoms with van der Waals surface area (Å²) in [6, 6.07) is 1.68. The maximum atomic E-state index is 12.7. The summed E-state index contributed by atoms with van der Waals surface area (Å²) >= 11 is 2.56. The summed E-state index contributed by atoms with van der Waals surface area (Å²) in [6.07, 6.45) is 2.97. The number of aliphatic hydroxyl groups is 1. The molecule has 1 unspecified atom stereocenters. The molecule has 2 N–H and O–H groups in total. The molecule has 0 bridgehead atoms. The average Bonchev–Trinajstić information content (AvgIpc) is 3.17. The van der Waals surface area contributed by atoms with Crippen molar-refractivity contribution in [2.45, 2.75) is 36.5 Å². The number of hydrogen-bond donors (Lipinski definition) is 2. The van der Waals surface area contributed by atoms with Crippen molar-refractivity contribution < 1.29 is 18.3 Å². The molecular weight excluding hydrogens is 382 g/mol. The standard InChI is InChI=1S/C15H19N3O4S3/c1-10(19)17-15-16-7-13(24-15)5-11-6-14(23-9-11)25(21,22)18-4-2-3-12(20)8-18/h6-7,9,12,20H,2-5,8H2,1H3,(H,16,17,19). The van der Waals surface area contributed by atoms with E-state index in [0.717, 1.165) is 10.4 Å². The van der Waals surface area contributed by atoms with Crippen LogP contribution in [0.25, 0.3) is 0 Å². The third-order valence-electron chi connectivity index (χ3n) is 3.80. The van der Waals surface area contributed by atoms with Crippen molar-refractivity contribution in [1.82, 2.24) is 9.29 Å². The largest absolute Gasteiger partial charge is 0.392 e. The van der Waals surface area contributed by atoms with Crippen molar-refractivity contribution in [2.24, 2.45) is 0 Å². The predicted octanol–water partition coefficient (Wildman–Crippen LogP) is 1.90. The quantitative estimate of drug-likeness (QED) is 0.797. The van der Waals surface area contributed by atoms with Gasteiger partial charge in [-0.2, -0.15) is 4.31 Å². The van der Waals surface area contributed by atoms with Crippen LogP contribution in [0.5, 0.6) is 0 Å². The summed E-state index contributed by atoms with van der Waals surface area (Å²) in [4.78, 5) is 16.1. The summed E-state index contributed by atoms with van der Waals surface area (Å²) in [7, 11) is -3.55. The van der Waals surface area contributed by atoms with E-state index in [0.29, 0.717) is 35.1 Å². The first-order valence-corrected chi connectivity index (χ1v) is 11.0. The van der Waals surface area contributed by atoms with Gasteiger partial charge in [0.05, 0.1) is 6.10 Å². The topological polar surface area (TPSA) is 99.6 Å². The number of carbonyl (C=O) groups excluding carboxylic acids is 1. The van der Waals surface area contributed by atoms with Crippen LogP contribution in [-0.2, 0) is 21.2 Å². The molecule has 0 aromatic carbocycles. The second-order valence-corrected chi connectivity index (χ2v) is 10.1. The molecule has 3 rings (SSSR count). The lowest BCUT2D eigenvalue weighted by Gasteiger charge is -2.28. The Balaban J connectivity index is 1.71. The Labute approximate surface area is 154 Å². The number of β-amino-alcohol motifs (C(OH)–C–C–N with tert-alkyl or cyclic N) is 1. The van der Waals surface area contributed by atoms with Crippen LogP contribution in [0.4, 0.5) is 5.13 Å². The number of thiazole rings is 1. The Morgan fingerprint density at radius 3 is 3.04 bits per heavy atom. The van der Waals surface area contributed by atoms with Gasteiger partial charge in [0.2, 0.25) is 5.91 Å². The van der Waals surface area contributed by atoms with E-state index in [4.69, 9.17) is 0 Å². The van der Waals surface area contributed by atoms with E-state index in [-0.39, 0.29) is 12.5 Å². The SMILES string of the molecule is CC(=O)Nc1ncc(Cc2csc(S(=O)(=O)N3CCCC(O)C3)c2)s1. The van der Waals surface area contributed by atoms with Gasteiger partial charge in [0.1, 0.15) is 4.21 Å². The molecule has 0 spiro atoms. The van der Waals surface area contributed by atoms with Crippen LogP contribution < -0.4 is 5.32 Å². The van der Waals surface area contributed by atoms with Gasteiger partial charge in [-0.1, -0.05) is 0 Å². The molecule has 7 nitrogen and oxygen atoms in total. The van der Waals surface area contributed by atoms with Crippen LogP contribution in [0.1, 0.15) is 30.2 Å². The maximum Gasteiger partial charge on any atom is 0.252 e. The van der Waals surface area contributed by atoms with Crippen molar-refractivity contribution in [2.75, 3.05) is 18.4 Å². The minimum Gasteiger partial charge on any atom is -0.392 e. The van der Waals surface area contributed by atoms with E-state index in [1.54, 1.807) is 12.3 Å². The summed E-state index contributed by atoms with van der Waals surface area (Å²) in [6.45, 7) is 2.03. The first kappa shape index (κ1) is 18.5. The van der Waals surface area contributed by atoms with Gasteiger partial charge in [0, 0.05) is 37.5 Å². The highest BCUT2D eigenvalue weighted by Gasteiger charge is 2.30. The monoisotopic (exact) mass is 401 g/mol. The number of nitrogens with zero attached hydrogens (tertiary/aromatic N) is 2. The molecule has 1 atom stereocenters. The zero-order valence-corrected chi connectivity index (χ0v) is 16.1. The number of aromatic nitrogens is 1. The molecule has 10 heteroatoms. The Hall–Kier alpha value is -1.33. The van der Waals surface area contributed by atoms with Crippen molar-refractivity contribution in [3.05, 3.63) is 28.1 Å². The summed E-state index contributed by atoms with van der Waals surface area (Å²) in [5.41, 5.74) is 0.888. The summed E-state index contributed by atoms with van der Waals surface area (Å²) in [5, 5.41) is 14.7. The lowest BCUT2D eigenvalue weighted by atomic mass is 10.1. The first-order chi connectivity index (χ1) is 11.8. The number of hydrogen-bond acceptors (Lipinski definition) is 7. The van der Waals surface area contributed by atoms with Gasteiger partial charge in [-0.3, -0.25) is 4.79 Å².